The van der Waals surface area contributed by atoms with Crippen molar-refractivity contribution >= 4 is 21.5 Å². The number of rotatable bonds is 7. The van der Waals surface area contributed by atoms with Crippen LogP contribution in [0.5, 0.6) is 5.75 Å². The lowest BCUT2D eigenvalue weighted by Crippen LogP contribution is -2.17. The van der Waals surface area contributed by atoms with Crippen molar-refractivity contribution in [2.75, 3.05) is 0 Å². The number of fused-ring (bicyclic) bond motifs is 3. The van der Waals surface area contributed by atoms with Gasteiger partial charge in [-0.05, 0) is 70.3 Å². The molecule has 1 nitrogen and oxygen atoms in total. The van der Waals surface area contributed by atoms with Gasteiger partial charge in [-0.1, -0.05) is 80.8 Å². The highest BCUT2D eigenvalue weighted by atomic mass is 19.4. The topological polar surface area (TPSA) is 9.23 Å². The molecule has 4 aromatic carbocycles. The molecule has 0 saturated carbocycles. The van der Waals surface area contributed by atoms with E-state index in [1.807, 2.05) is 18.2 Å². The number of aryl methyl sites for hydroxylation is 1. The molecule has 0 heterocycles. The van der Waals surface area contributed by atoms with E-state index in [2.05, 4.69) is 53.8 Å². The molecule has 35 heavy (non-hydrogen) atoms. The highest BCUT2D eigenvalue weighted by molar-refractivity contribution is 6.07. The van der Waals surface area contributed by atoms with Crippen LogP contribution in [0.4, 0.5) is 17.6 Å². The fraction of sp³-hybridized carbons (Fsp3) is 0.267. The monoisotopic (exact) mass is 478 g/mol. The van der Waals surface area contributed by atoms with E-state index in [4.69, 9.17) is 0 Å². The van der Waals surface area contributed by atoms with E-state index in [-0.39, 0.29) is 5.56 Å². The number of halogens is 4. The van der Waals surface area contributed by atoms with E-state index in [0.29, 0.717) is 0 Å². The summed E-state index contributed by atoms with van der Waals surface area (Å²) in [5.74, 6) is 3.78. The van der Waals surface area contributed by atoms with Crippen molar-refractivity contribution in [2.45, 2.75) is 51.8 Å². The lowest BCUT2D eigenvalue weighted by Gasteiger charge is -2.09. The highest BCUT2D eigenvalue weighted by Crippen LogP contribution is 2.28. The molecule has 180 valence electrons. The maximum Gasteiger partial charge on any atom is 0.573 e. The van der Waals surface area contributed by atoms with Crippen LogP contribution in [-0.2, 0) is 6.42 Å². The Hall–Kier alpha value is -3.52. The van der Waals surface area contributed by atoms with Crippen LogP contribution >= 0.6 is 0 Å². The van der Waals surface area contributed by atoms with E-state index < -0.39 is 17.9 Å². The van der Waals surface area contributed by atoms with E-state index in [0.717, 1.165) is 34.9 Å². The summed E-state index contributed by atoms with van der Waals surface area (Å²) in [4.78, 5) is 0. The summed E-state index contributed by atoms with van der Waals surface area (Å²) < 4.78 is 54.5. The molecule has 0 bridgehead atoms. The third kappa shape index (κ3) is 6.54. The first-order valence-electron chi connectivity index (χ1n) is 11.8. The highest BCUT2D eigenvalue weighted by Gasteiger charge is 2.32. The molecule has 0 fully saturated rings. The Morgan fingerprint density at radius 2 is 1.34 bits per heavy atom. The smallest absolute Gasteiger partial charge is 0.403 e. The average molecular weight is 479 g/mol. The van der Waals surface area contributed by atoms with Crippen LogP contribution in [-0.4, -0.2) is 6.36 Å². The molecule has 0 N–H and O–H groups in total. The third-order valence-corrected chi connectivity index (χ3v) is 5.98. The molecule has 0 aliphatic carbocycles. The van der Waals surface area contributed by atoms with Crippen molar-refractivity contribution in [3.8, 4) is 17.6 Å². The molecule has 5 heteroatoms. The fourth-order valence-corrected chi connectivity index (χ4v) is 4.22. The first-order valence-corrected chi connectivity index (χ1v) is 11.8. The summed E-state index contributed by atoms with van der Waals surface area (Å²) in [6.07, 6.45) is 2.48. The Morgan fingerprint density at radius 3 is 2.03 bits per heavy atom. The van der Waals surface area contributed by atoms with Crippen LogP contribution in [0.15, 0.2) is 66.7 Å². The van der Waals surface area contributed by atoms with Crippen LogP contribution in [0.1, 0.15) is 55.7 Å². The van der Waals surface area contributed by atoms with Gasteiger partial charge in [0.15, 0.2) is 11.6 Å². The van der Waals surface area contributed by atoms with Crippen molar-refractivity contribution in [2.24, 2.45) is 0 Å². The number of hydrogen-bond donors (Lipinski definition) is 0. The van der Waals surface area contributed by atoms with Gasteiger partial charge in [0.05, 0.1) is 0 Å². The normalized spacial score (nSPS) is 11.5. The molecule has 4 aromatic rings. The van der Waals surface area contributed by atoms with Gasteiger partial charge in [0.25, 0.3) is 0 Å². The van der Waals surface area contributed by atoms with Gasteiger partial charge >= 0.3 is 6.36 Å². The van der Waals surface area contributed by atoms with Crippen molar-refractivity contribution in [3.05, 3.63) is 89.2 Å². The maximum absolute atomic E-state index is 13.9. The molecular formula is C30H26F4O. The van der Waals surface area contributed by atoms with E-state index in [9.17, 15) is 17.6 Å². The van der Waals surface area contributed by atoms with Gasteiger partial charge in [-0.2, -0.15) is 0 Å². The van der Waals surface area contributed by atoms with Gasteiger partial charge in [0.1, 0.15) is 0 Å². The van der Waals surface area contributed by atoms with Gasteiger partial charge in [-0.3, -0.25) is 0 Å². The summed E-state index contributed by atoms with van der Waals surface area (Å²) in [6, 6.07) is 19.9. The second-order valence-electron chi connectivity index (χ2n) is 8.66. The zero-order chi connectivity index (χ0) is 24.8. The first kappa shape index (κ1) is 24.6. The van der Waals surface area contributed by atoms with Crippen molar-refractivity contribution in [1.29, 1.82) is 0 Å². The zero-order valence-corrected chi connectivity index (χ0v) is 19.5. The molecule has 0 aromatic heterocycles. The predicted molar refractivity (Wildman–Crippen MR) is 133 cm³/mol. The third-order valence-electron chi connectivity index (χ3n) is 5.98. The second kappa shape index (κ2) is 10.8. The number of ether oxygens (including phenoxy) is 1. The summed E-state index contributed by atoms with van der Waals surface area (Å²) in [6.45, 7) is 2.23. The van der Waals surface area contributed by atoms with Crippen LogP contribution < -0.4 is 4.74 Å². The molecule has 0 spiro atoms. The number of benzene rings is 4. The van der Waals surface area contributed by atoms with Crippen molar-refractivity contribution < 1.29 is 22.3 Å². The van der Waals surface area contributed by atoms with Gasteiger partial charge in [-0.25, -0.2) is 4.39 Å². The average Bonchev–Trinajstić information content (AvgIpc) is 2.83. The van der Waals surface area contributed by atoms with Crippen LogP contribution in [0.3, 0.4) is 0 Å². The summed E-state index contributed by atoms with van der Waals surface area (Å²) >= 11 is 0. The predicted octanol–water partition coefficient (Wildman–Crippen LogP) is 8.94. The number of alkyl halides is 3. The van der Waals surface area contributed by atoms with Crippen LogP contribution in [0.25, 0.3) is 21.5 Å². The van der Waals surface area contributed by atoms with Crippen LogP contribution in [0, 0.1) is 17.7 Å². The minimum Gasteiger partial charge on any atom is -0.403 e. The summed E-state index contributed by atoms with van der Waals surface area (Å²) in [5, 5.41) is 4.55. The Kier molecular flexibility index (Phi) is 7.60. The molecule has 0 radical (unpaired) electrons. The van der Waals surface area contributed by atoms with E-state index in [1.54, 1.807) is 0 Å². The lowest BCUT2D eigenvalue weighted by atomic mass is 9.97. The van der Waals surface area contributed by atoms with Crippen molar-refractivity contribution in [3.63, 3.8) is 0 Å². The Labute approximate surface area is 202 Å². The molecule has 0 atom stereocenters. The molecule has 0 amide bonds. The van der Waals surface area contributed by atoms with Crippen molar-refractivity contribution in [1.82, 2.24) is 0 Å². The van der Waals surface area contributed by atoms with E-state index in [1.165, 1.54) is 54.5 Å². The van der Waals surface area contributed by atoms with Gasteiger partial charge in [-0.15, -0.1) is 13.2 Å². The maximum atomic E-state index is 13.9. The number of hydrogen-bond acceptors (Lipinski definition) is 1. The molecule has 0 aliphatic rings. The summed E-state index contributed by atoms with van der Waals surface area (Å²) in [7, 11) is 0. The molecule has 0 unspecified atom stereocenters. The lowest BCUT2D eigenvalue weighted by molar-refractivity contribution is -0.275. The standard InChI is InChI=1S/C30H26F4O/c1-2-3-4-5-6-7-21-10-15-26-24(18-21)13-14-25-19-22(11-16-27(25)26)8-9-23-12-17-29(28(31)20-23)35-30(32,33)34/h10-20H,2-7H2,1H3. The minimum atomic E-state index is -4.95. The van der Waals surface area contributed by atoms with Gasteiger partial charge in [0.2, 0.25) is 0 Å². The van der Waals surface area contributed by atoms with Crippen LogP contribution in [0.2, 0.25) is 0 Å². The fourth-order valence-electron chi connectivity index (χ4n) is 4.22. The second-order valence-corrected chi connectivity index (χ2v) is 8.66. The first-order chi connectivity index (χ1) is 16.8. The van der Waals surface area contributed by atoms with Gasteiger partial charge in [0, 0.05) is 11.1 Å². The SMILES string of the molecule is CCCCCCCc1ccc2c(ccc3cc(C#Cc4ccc(OC(F)(F)F)c(F)c4)ccc32)c1. The van der Waals surface area contributed by atoms with E-state index >= 15 is 0 Å². The zero-order valence-electron chi connectivity index (χ0n) is 19.5. The largest absolute Gasteiger partial charge is 0.573 e. The minimum absolute atomic E-state index is 0.262. The molecule has 0 saturated heterocycles. The Balaban J connectivity index is 1.51. The molecular weight excluding hydrogens is 452 g/mol. The summed E-state index contributed by atoms with van der Waals surface area (Å²) in [5.41, 5.74) is 2.35. The van der Waals surface area contributed by atoms with Gasteiger partial charge < -0.3 is 4.74 Å². The Bertz CT molecular complexity index is 1390. The number of unbranched alkanes of at least 4 members (excludes halogenated alkanes) is 4. The Morgan fingerprint density at radius 1 is 0.714 bits per heavy atom. The molecule has 0 aliphatic heterocycles. The quantitative estimate of drug-likeness (QED) is 0.111. The molecule has 4 rings (SSSR count).